The molecule has 0 amide bonds. The molecule has 7 nitrogen and oxygen atoms in total. The highest BCUT2D eigenvalue weighted by atomic mass is 15.2. The van der Waals surface area contributed by atoms with Crippen LogP contribution in [0.5, 0.6) is 0 Å². The van der Waals surface area contributed by atoms with Gasteiger partial charge in [-0.05, 0) is 175 Å². The van der Waals surface area contributed by atoms with Gasteiger partial charge in [0.15, 0.2) is 0 Å². The van der Waals surface area contributed by atoms with Crippen molar-refractivity contribution in [2.75, 3.05) is 0 Å². The standard InChI is InChI=1S/C83H59N7/c1-83(2,3)65-42-43-84-80(50-65)89-73-38-18-16-34-70(73)71-52-78-79(53-77(71)89)88(82-85-72-37-17-19-39-74(72)90(78)82)67-33-22-32-66(51-67)86-54-87(76-41-21-20-40-75(76)86)81-68(63-46-59(55-24-8-4-9-25-55)44-60(47-63)56-26-10-5-11-27-56)35-23-36-69(81)64-48-61(57-28-12-6-13-29-57)45-62(49-64)58-30-14-7-15-31-58/h4-53H,1-3H3. The van der Waals surface area contributed by atoms with Gasteiger partial charge in [0.25, 0.3) is 6.33 Å². The van der Waals surface area contributed by atoms with Crippen molar-refractivity contribution in [2.45, 2.75) is 26.2 Å². The number of benzene rings is 12. The molecule has 0 radical (unpaired) electrons. The highest BCUT2D eigenvalue weighted by molar-refractivity contribution is 6.14. The molecule has 5 heterocycles. The first kappa shape index (κ1) is 52.6. The smallest absolute Gasteiger partial charge is 0.269 e. The summed E-state index contributed by atoms with van der Waals surface area (Å²) in [5, 5.41) is 2.31. The van der Waals surface area contributed by atoms with Gasteiger partial charge in [0, 0.05) is 22.7 Å². The summed E-state index contributed by atoms with van der Waals surface area (Å²) in [6, 6.07) is 108. The van der Waals surface area contributed by atoms with Crippen LogP contribution in [0.25, 0.3) is 150 Å². The van der Waals surface area contributed by atoms with Crippen LogP contribution in [0.2, 0.25) is 0 Å². The summed E-state index contributed by atoms with van der Waals surface area (Å²) < 4.78 is 11.5. The van der Waals surface area contributed by atoms with Crippen LogP contribution in [0.1, 0.15) is 26.3 Å². The third kappa shape index (κ3) is 8.84. The molecule has 0 bridgehead atoms. The second-order valence-electron chi connectivity index (χ2n) is 24.5. The third-order valence-electron chi connectivity index (χ3n) is 17.9. The van der Waals surface area contributed by atoms with E-state index >= 15 is 0 Å². The molecule has 0 fully saturated rings. The van der Waals surface area contributed by atoms with Crippen molar-refractivity contribution in [3.63, 3.8) is 0 Å². The van der Waals surface area contributed by atoms with E-state index in [1.807, 2.05) is 6.20 Å². The van der Waals surface area contributed by atoms with Crippen LogP contribution in [0.15, 0.2) is 303 Å². The largest absolute Gasteiger partial charge is 0.294 e. The summed E-state index contributed by atoms with van der Waals surface area (Å²) >= 11 is 0. The van der Waals surface area contributed by atoms with Crippen LogP contribution in [0, 0.1) is 6.33 Å². The number of hydrogen-bond acceptors (Lipinski definition) is 2. The van der Waals surface area contributed by atoms with Crippen molar-refractivity contribution in [3.8, 4) is 89.6 Å². The van der Waals surface area contributed by atoms with Gasteiger partial charge < -0.3 is 0 Å². The zero-order valence-corrected chi connectivity index (χ0v) is 50.0. The minimum absolute atomic E-state index is 0.0641. The van der Waals surface area contributed by atoms with Gasteiger partial charge in [-0.2, -0.15) is 0 Å². The van der Waals surface area contributed by atoms with E-state index in [1.54, 1.807) is 0 Å². The van der Waals surface area contributed by atoms with Crippen molar-refractivity contribution in [2.24, 2.45) is 0 Å². The average molecular weight is 1150 g/mol. The zero-order chi connectivity index (χ0) is 60.0. The molecule has 0 aliphatic rings. The minimum atomic E-state index is -0.0641. The van der Waals surface area contributed by atoms with Crippen LogP contribution in [0.4, 0.5) is 0 Å². The minimum Gasteiger partial charge on any atom is -0.294 e. The Labute approximate surface area is 521 Å². The number of para-hydroxylation sites is 6. The van der Waals surface area contributed by atoms with E-state index in [-0.39, 0.29) is 5.41 Å². The first-order valence-corrected chi connectivity index (χ1v) is 30.8. The van der Waals surface area contributed by atoms with Crippen molar-refractivity contribution in [3.05, 3.63) is 315 Å². The van der Waals surface area contributed by atoms with Crippen LogP contribution in [-0.2, 0) is 5.41 Å². The number of fused-ring (bicyclic) bond motifs is 9. The molecule has 5 aromatic heterocycles. The number of pyridine rings is 1. The molecule has 0 aliphatic carbocycles. The van der Waals surface area contributed by atoms with E-state index in [0.29, 0.717) is 0 Å². The molecule has 426 valence electrons. The number of nitrogens with zero attached hydrogens (tertiary/aromatic N) is 7. The lowest BCUT2D eigenvalue weighted by atomic mass is 9.88. The van der Waals surface area contributed by atoms with E-state index in [9.17, 15) is 0 Å². The van der Waals surface area contributed by atoms with Gasteiger partial charge in [-0.15, -0.1) is 0 Å². The Bertz CT molecular complexity index is 5370. The lowest BCUT2D eigenvalue weighted by molar-refractivity contribution is -0.571. The van der Waals surface area contributed by atoms with Crippen molar-refractivity contribution in [1.82, 2.24) is 28.1 Å². The zero-order valence-electron chi connectivity index (χ0n) is 50.0. The maximum atomic E-state index is 5.45. The quantitative estimate of drug-likeness (QED) is 0.101. The van der Waals surface area contributed by atoms with Gasteiger partial charge in [-0.1, -0.05) is 221 Å². The molecule has 0 unspecified atom stereocenters. The Kier molecular flexibility index (Phi) is 12.3. The van der Waals surface area contributed by atoms with Gasteiger partial charge in [-0.3, -0.25) is 22.7 Å². The van der Waals surface area contributed by atoms with Gasteiger partial charge in [-0.25, -0.2) is 9.97 Å². The fraction of sp³-hybridized carbons (Fsp3) is 0.0482. The molecule has 0 saturated heterocycles. The second-order valence-corrected chi connectivity index (χ2v) is 24.5. The third-order valence-corrected chi connectivity index (χ3v) is 17.9. The number of hydrogen-bond donors (Lipinski definition) is 0. The van der Waals surface area contributed by atoms with Crippen LogP contribution >= 0.6 is 0 Å². The van der Waals surface area contributed by atoms with Gasteiger partial charge in [0.05, 0.1) is 55.5 Å². The lowest BCUT2D eigenvalue weighted by Crippen LogP contribution is -2.31. The lowest BCUT2D eigenvalue weighted by Gasteiger charge is -2.20. The normalized spacial score (nSPS) is 11.9. The average Bonchev–Trinajstić information content (AvgIpc) is 1.54. The maximum Gasteiger partial charge on any atom is 0.269 e. The molecule has 90 heavy (non-hydrogen) atoms. The maximum absolute atomic E-state index is 5.45. The first-order valence-electron chi connectivity index (χ1n) is 30.8. The van der Waals surface area contributed by atoms with E-state index in [4.69, 9.17) is 9.97 Å². The van der Waals surface area contributed by atoms with E-state index < -0.39 is 0 Å². The van der Waals surface area contributed by atoms with E-state index in [2.05, 4.69) is 347 Å². The Morgan fingerprint density at radius 3 is 1.47 bits per heavy atom. The van der Waals surface area contributed by atoms with Gasteiger partial charge in [0.1, 0.15) is 5.82 Å². The SMILES string of the molecule is CC(C)(C)c1ccnc(-n2c3ccccc3c3cc4c(cc32)n(-c2cccc(-n3[c-][n+](-c5c(-c6cc(-c7ccccc7)cc(-c7ccccc7)c6)cccc5-c5cc(-c6ccccc6)cc(-c6ccccc6)c5)c5ccccc53)c2)c2nc3ccccc3n42)c1. The summed E-state index contributed by atoms with van der Waals surface area (Å²) in [5.41, 5.74) is 25.8. The Hall–Kier alpha value is -11.7. The monoisotopic (exact) mass is 1150 g/mol. The summed E-state index contributed by atoms with van der Waals surface area (Å²) in [6.45, 7) is 6.77. The summed E-state index contributed by atoms with van der Waals surface area (Å²) in [5.74, 6) is 1.72. The molecule has 0 spiro atoms. The summed E-state index contributed by atoms with van der Waals surface area (Å²) in [6.07, 6.45) is 6.02. The summed E-state index contributed by atoms with van der Waals surface area (Å²) in [7, 11) is 0. The van der Waals surface area contributed by atoms with Crippen molar-refractivity contribution >= 4 is 60.7 Å². The topological polar surface area (TPSA) is 48.9 Å². The second kappa shape index (κ2) is 21.0. The molecule has 17 aromatic rings. The predicted molar refractivity (Wildman–Crippen MR) is 370 cm³/mol. The van der Waals surface area contributed by atoms with E-state index in [0.717, 1.165) is 145 Å². The highest BCUT2D eigenvalue weighted by Gasteiger charge is 2.26. The Balaban J connectivity index is 0.913. The molecule has 7 heteroatoms. The molecule has 0 N–H and O–H groups in total. The predicted octanol–water partition coefficient (Wildman–Crippen LogP) is 20.2. The molecule has 0 atom stereocenters. The molecule has 0 saturated carbocycles. The first-order chi connectivity index (χ1) is 44.3. The number of rotatable bonds is 10. The number of aromatic nitrogens is 7. The molecule has 0 aliphatic heterocycles. The van der Waals surface area contributed by atoms with Gasteiger partial charge in [0.2, 0.25) is 5.78 Å². The van der Waals surface area contributed by atoms with Crippen molar-refractivity contribution in [1.29, 1.82) is 0 Å². The van der Waals surface area contributed by atoms with Crippen molar-refractivity contribution < 1.29 is 4.57 Å². The molecular formula is C83H59N7. The Morgan fingerprint density at radius 1 is 0.356 bits per heavy atom. The molecule has 12 aromatic carbocycles. The van der Waals surface area contributed by atoms with Crippen LogP contribution in [-0.4, -0.2) is 28.1 Å². The summed E-state index contributed by atoms with van der Waals surface area (Å²) in [4.78, 5) is 10.5. The fourth-order valence-corrected chi connectivity index (χ4v) is 13.6. The fourth-order valence-electron chi connectivity index (χ4n) is 13.6. The van der Waals surface area contributed by atoms with Crippen LogP contribution < -0.4 is 4.57 Å². The molecular weight excluding hydrogens is 1090 g/mol. The highest BCUT2D eigenvalue weighted by Crippen LogP contribution is 2.43. The van der Waals surface area contributed by atoms with E-state index in [1.165, 1.54) is 10.9 Å². The van der Waals surface area contributed by atoms with Crippen LogP contribution in [0.3, 0.4) is 0 Å². The van der Waals surface area contributed by atoms with Gasteiger partial charge >= 0.3 is 0 Å². The number of imidazole rings is 3. The molecule has 17 rings (SSSR count). The Morgan fingerprint density at radius 2 is 0.867 bits per heavy atom.